The summed E-state index contributed by atoms with van der Waals surface area (Å²) in [6, 6.07) is 32.7. The number of esters is 3. The van der Waals surface area contributed by atoms with Crippen molar-refractivity contribution in [3.8, 4) is 16.9 Å². The van der Waals surface area contributed by atoms with Crippen LogP contribution in [0.5, 0.6) is 5.75 Å². The van der Waals surface area contributed by atoms with Crippen LogP contribution in [0.25, 0.3) is 11.1 Å². The lowest BCUT2D eigenvalue weighted by Crippen LogP contribution is -2.62. The smallest absolute Gasteiger partial charge is 0.338 e. The van der Waals surface area contributed by atoms with Crippen molar-refractivity contribution >= 4 is 17.9 Å². The van der Waals surface area contributed by atoms with E-state index < -0.39 is 72.5 Å². The Bertz CT molecular complexity index is 2050. The first-order valence-corrected chi connectivity index (χ1v) is 16.6. The van der Waals surface area contributed by atoms with Gasteiger partial charge in [0.15, 0.2) is 12.2 Å². The van der Waals surface area contributed by atoms with Gasteiger partial charge in [0, 0.05) is 5.56 Å². The molecule has 5 atom stereocenters. The normalized spacial score (nSPS) is 19.8. The van der Waals surface area contributed by atoms with Crippen molar-refractivity contribution < 1.29 is 51.2 Å². The summed E-state index contributed by atoms with van der Waals surface area (Å²) in [5, 5.41) is 0. The number of hydrogen-bond acceptors (Lipinski definition) is 9. The molecule has 5 aromatic rings. The number of alkyl halides is 2. The summed E-state index contributed by atoms with van der Waals surface area (Å²) >= 11 is 0. The molecule has 1 aliphatic rings. The molecule has 12 heteroatoms. The van der Waals surface area contributed by atoms with Crippen molar-refractivity contribution in [1.82, 2.24) is 0 Å². The van der Waals surface area contributed by atoms with Crippen LogP contribution in [0.1, 0.15) is 43.6 Å². The van der Waals surface area contributed by atoms with Crippen LogP contribution >= 0.6 is 0 Å². The Morgan fingerprint density at radius 2 is 1.17 bits per heavy atom. The molecule has 5 aromatic carbocycles. The second-order valence-corrected chi connectivity index (χ2v) is 12.2. The van der Waals surface area contributed by atoms with Gasteiger partial charge in [-0.15, -0.1) is 0 Å². The summed E-state index contributed by atoms with van der Waals surface area (Å²) in [4.78, 5) is 40.5. The SMILES string of the molecule is C[C@@H]1O[C@@H](Oc2ccc(C(F)(F)CN)c(-c3cccc(F)c3)c2)[C@H](OC(=O)c2ccccc2)[C@H](OC(=O)c2ccccc2)[C@H]1OC(=O)c1ccccc1. The van der Waals surface area contributed by atoms with Gasteiger partial charge >= 0.3 is 17.9 Å². The molecule has 1 heterocycles. The predicted molar refractivity (Wildman–Crippen MR) is 187 cm³/mol. The molecular weight excluding hydrogens is 691 g/mol. The highest BCUT2D eigenvalue weighted by atomic mass is 19.3. The Hall–Kier alpha value is -5.98. The predicted octanol–water partition coefficient (Wildman–Crippen LogP) is 7.34. The quantitative estimate of drug-likeness (QED) is 0.110. The average molecular weight is 726 g/mol. The van der Waals surface area contributed by atoms with E-state index in [0.717, 1.165) is 12.1 Å². The van der Waals surface area contributed by atoms with Crippen LogP contribution in [-0.2, 0) is 24.9 Å². The second-order valence-electron chi connectivity index (χ2n) is 12.2. The van der Waals surface area contributed by atoms with E-state index in [4.69, 9.17) is 29.4 Å². The molecule has 0 aromatic heterocycles. The third-order valence-electron chi connectivity index (χ3n) is 8.51. The van der Waals surface area contributed by atoms with Crippen LogP contribution in [0.15, 0.2) is 133 Å². The molecule has 53 heavy (non-hydrogen) atoms. The lowest BCUT2D eigenvalue weighted by Gasteiger charge is -2.43. The molecule has 2 N–H and O–H groups in total. The molecule has 1 saturated heterocycles. The van der Waals surface area contributed by atoms with Crippen LogP contribution in [0.2, 0.25) is 0 Å². The van der Waals surface area contributed by atoms with Gasteiger partial charge in [-0.2, -0.15) is 8.78 Å². The van der Waals surface area contributed by atoms with E-state index in [1.807, 2.05) is 0 Å². The highest BCUT2D eigenvalue weighted by Crippen LogP contribution is 2.39. The number of benzene rings is 5. The maximum atomic E-state index is 15.1. The minimum absolute atomic E-state index is 0.0494. The zero-order chi connectivity index (χ0) is 37.5. The van der Waals surface area contributed by atoms with Crippen LogP contribution in [0.3, 0.4) is 0 Å². The Morgan fingerprint density at radius 3 is 1.68 bits per heavy atom. The molecule has 6 rings (SSSR count). The van der Waals surface area contributed by atoms with Crippen molar-refractivity contribution in [1.29, 1.82) is 0 Å². The first kappa shape index (κ1) is 36.8. The summed E-state index contributed by atoms with van der Waals surface area (Å²) in [6.07, 6.45) is -7.05. The van der Waals surface area contributed by atoms with E-state index in [1.54, 1.807) is 61.5 Å². The Balaban J connectivity index is 1.42. The Labute approximate surface area is 303 Å². The average Bonchev–Trinajstić information content (AvgIpc) is 3.18. The van der Waals surface area contributed by atoms with Gasteiger partial charge in [-0.1, -0.05) is 66.7 Å². The molecular formula is C41H34F3NO8. The van der Waals surface area contributed by atoms with Gasteiger partial charge < -0.3 is 29.4 Å². The van der Waals surface area contributed by atoms with Gasteiger partial charge in [0.25, 0.3) is 5.92 Å². The van der Waals surface area contributed by atoms with Crippen molar-refractivity contribution in [2.45, 2.75) is 43.6 Å². The topological polar surface area (TPSA) is 123 Å². The first-order valence-electron chi connectivity index (χ1n) is 16.6. The fraction of sp³-hybridized carbons (Fsp3) is 0.195. The first-order chi connectivity index (χ1) is 25.5. The van der Waals surface area contributed by atoms with Crippen molar-refractivity contribution in [3.05, 3.63) is 162 Å². The largest absolute Gasteiger partial charge is 0.461 e. The molecule has 0 saturated carbocycles. The number of rotatable bonds is 11. The molecule has 0 bridgehead atoms. The highest BCUT2D eigenvalue weighted by Gasteiger charge is 2.52. The van der Waals surface area contributed by atoms with Crippen LogP contribution in [-0.4, -0.2) is 55.2 Å². The summed E-state index contributed by atoms with van der Waals surface area (Å²) in [5.74, 6) is -6.65. The monoisotopic (exact) mass is 725 g/mol. The molecule has 0 radical (unpaired) electrons. The second kappa shape index (κ2) is 16.1. The molecule has 0 unspecified atom stereocenters. The van der Waals surface area contributed by atoms with Gasteiger partial charge in [0.2, 0.25) is 12.4 Å². The summed E-state index contributed by atoms with van der Waals surface area (Å²) in [5.41, 5.74) is 5.45. The van der Waals surface area contributed by atoms with Crippen LogP contribution < -0.4 is 10.5 Å². The number of halogens is 3. The molecule has 0 amide bonds. The Kier molecular flexibility index (Phi) is 11.2. The Morgan fingerprint density at radius 1 is 0.660 bits per heavy atom. The lowest BCUT2D eigenvalue weighted by molar-refractivity contribution is -0.266. The fourth-order valence-electron chi connectivity index (χ4n) is 5.84. The number of carbonyl (C=O) groups excluding carboxylic acids is 3. The fourth-order valence-corrected chi connectivity index (χ4v) is 5.84. The molecule has 1 aliphatic heterocycles. The van der Waals surface area contributed by atoms with Crippen molar-refractivity contribution in [2.24, 2.45) is 5.73 Å². The van der Waals surface area contributed by atoms with Crippen LogP contribution in [0, 0.1) is 5.82 Å². The minimum atomic E-state index is -3.49. The lowest BCUT2D eigenvalue weighted by atomic mass is 9.95. The van der Waals surface area contributed by atoms with E-state index in [-0.39, 0.29) is 33.6 Å². The maximum Gasteiger partial charge on any atom is 0.338 e. The van der Waals surface area contributed by atoms with Crippen molar-refractivity contribution in [2.75, 3.05) is 6.54 Å². The maximum absolute atomic E-state index is 15.1. The third-order valence-corrected chi connectivity index (χ3v) is 8.51. The van der Waals surface area contributed by atoms with E-state index in [1.165, 1.54) is 66.7 Å². The molecule has 0 spiro atoms. The number of nitrogens with two attached hydrogens (primary N) is 1. The zero-order valence-corrected chi connectivity index (χ0v) is 28.3. The van der Waals surface area contributed by atoms with E-state index >= 15 is 8.78 Å². The van der Waals surface area contributed by atoms with Crippen LogP contribution in [0.4, 0.5) is 13.2 Å². The molecule has 0 aliphatic carbocycles. The van der Waals surface area contributed by atoms with Gasteiger partial charge in [0.05, 0.1) is 29.3 Å². The number of ether oxygens (including phenoxy) is 5. The molecule has 272 valence electrons. The third kappa shape index (κ3) is 8.57. The molecule has 1 fully saturated rings. The van der Waals surface area contributed by atoms with Gasteiger partial charge in [-0.3, -0.25) is 0 Å². The summed E-state index contributed by atoms with van der Waals surface area (Å²) in [7, 11) is 0. The van der Waals surface area contributed by atoms with Gasteiger partial charge in [-0.05, 0) is 84.8 Å². The number of carbonyl (C=O) groups is 3. The van der Waals surface area contributed by atoms with Gasteiger partial charge in [-0.25, -0.2) is 18.8 Å². The minimum Gasteiger partial charge on any atom is -0.461 e. The van der Waals surface area contributed by atoms with Gasteiger partial charge in [0.1, 0.15) is 11.6 Å². The van der Waals surface area contributed by atoms with E-state index in [0.29, 0.717) is 0 Å². The molecule has 9 nitrogen and oxygen atoms in total. The van der Waals surface area contributed by atoms with Crippen molar-refractivity contribution in [3.63, 3.8) is 0 Å². The zero-order valence-electron chi connectivity index (χ0n) is 28.3. The highest BCUT2D eigenvalue weighted by molar-refractivity contribution is 5.91. The summed E-state index contributed by atoms with van der Waals surface area (Å²) in [6.45, 7) is 0.523. The number of hydrogen-bond donors (Lipinski definition) is 1. The standard InChI is InChI=1S/C41H34F3NO8/c1-25-34(51-37(46)26-12-5-2-6-13-26)35(52-38(47)27-14-7-3-8-15-27)36(53-39(48)28-16-9-4-10-17-28)40(49-25)50-31-20-21-33(41(43,44)24-45)32(23-31)29-18-11-19-30(42)22-29/h2-23,25,34-36,40H,24,45H2,1H3/t25-,34-,35+,36+,40-/m0/s1. The van der Waals surface area contributed by atoms with E-state index in [9.17, 15) is 18.8 Å². The van der Waals surface area contributed by atoms with E-state index in [2.05, 4.69) is 0 Å². The summed E-state index contributed by atoms with van der Waals surface area (Å²) < 4.78 is 74.7.